The minimum absolute atomic E-state index is 0.0123. The standard InChI is InChI=1S/C17H27N3O/c1-14(18)11-16(21)19-9-10-20(17(2,3)13-19)12-15-7-5-4-6-8-15/h4-8,14H,9-13,18H2,1-3H3. The van der Waals surface area contributed by atoms with Gasteiger partial charge >= 0.3 is 0 Å². The van der Waals surface area contributed by atoms with E-state index in [0.29, 0.717) is 6.42 Å². The maximum absolute atomic E-state index is 12.2. The van der Waals surface area contributed by atoms with Crippen LogP contribution in [0.4, 0.5) is 0 Å². The molecule has 0 saturated carbocycles. The molecule has 116 valence electrons. The number of hydrogen-bond acceptors (Lipinski definition) is 3. The molecule has 2 N–H and O–H groups in total. The Kier molecular flexibility index (Phi) is 5.01. The van der Waals surface area contributed by atoms with Crippen LogP contribution in [0.15, 0.2) is 30.3 Å². The van der Waals surface area contributed by atoms with Gasteiger partial charge in [0.2, 0.25) is 5.91 Å². The normalized spacial score (nSPS) is 20.3. The van der Waals surface area contributed by atoms with Crippen molar-refractivity contribution in [3.8, 4) is 0 Å². The largest absolute Gasteiger partial charge is 0.340 e. The summed E-state index contributed by atoms with van der Waals surface area (Å²) in [5.41, 5.74) is 7.05. The zero-order valence-corrected chi connectivity index (χ0v) is 13.4. The lowest BCUT2D eigenvalue weighted by Crippen LogP contribution is -2.60. The summed E-state index contributed by atoms with van der Waals surface area (Å²) in [4.78, 5) is 16.6. The lowest BCUT2D eigenvalue weighted by atomic mass is 9.97. The van der Waals surface area contributed by atoms with Crippen molar-refractivity contribution in [3.63, 3.8) is 0 Å². The molecular weight excluding hydrogens is 262 g/mol. The average molecular weight is 289 g/mol. The van der Waals surface area contributed by atoms with E-state index in [4.69, 9.17) is 5.73 Å². The van der Waals surface area contributed by atoms with Gasteiger partial charge in [-0.3, -0.25) is 9.69 Å². The summed E-state index contributed by atoms with van der Waals surface area (Å²) in [5, 5.41) is 0. The topological polar surface area (TPSA) is 49.6 Å². The minimum atomic E-state index is -0.0667. The molecular formula is C17H27N3O. The zero-order chi connectivity index (χ0) is 15.5. The van der Waals surface area contributed by atoms with Crippen LogP contribution < -0.4 is 5.73 Å². The highest BCUT2D eigenvalue weighted by Crippen LogP contribution is 2.23. The fraction of sp³-hybridized carbons (Fsp3) is 0.588. The van der Waals surface area contributed by atoms with E-state index in [9.17, 15) is 4.79 Å². The van der Waals surface area contributed by atoms with Crippen LogP contribution >= 0.6 is 0 Å². The highest BCUT2D eigenvalue weighted by atomic mass is 16.2. The Morgan fingerprint density at radius 3 is 2.52 bits per heavy atom. The van der Waals surface area contributed by atoms with Gasteiger partial charge in [0.15, 0.2) is 0 Å². The van der Waals surface area contributed by atoms with Crippen LogP contribution in [0.25, 0.3) is 0 Å². The van der Waals surface area contributed by atoms with Gasteiger partial charge in [-0.05, 0) is 26.3 Å². The van der Waals surface area contributed by atoms with Crippen molar-refractivity contribution in [2.45, 2.75) is 45.3 Å². The number of nitrogens with zero attached hydrogens (tertiary/aromatic N) is 2. The molecule has 0 aliphatic carbocycles. The third-order valence-corrected chi connectivity index (χ3v) is 4.14. The van der Waals surface area contributed by atoms with Crippen molar-refractivity contribution in [2.24, 2.45) is 5.73 Å². The Morgan fingerprint density at radius 1 is 1.29 bits per heavy atom. The second kappa shape index (κ2) is 6.58. The third-order valence-electron chi connectivity index (χ3n) is 4.14. The molecule has 4 nitrogen and oxygen atoms in total. The molecule has 21 heavy (non-hydrogen) atoms. The van der Waals surface area contributed by atoms with Crippen LogP contribution in [0.5, 0.6) is 0 Å². The van der Waals surface area contributed by atoms with E-state index in [1.165, 1.54) is 5.56 Å². The Hall–Kier alpha value is -1.39. The summed E-state index contributed by atoms with van der Waals surface area (Å²) < 4.78 is 0. The zero-order valence-electron chi connectivity index (χ0n) is 13.4. The second-order valence-electron chi connectivity index (χ2n) is 6.72. The highest BCUT2D eigenvalue weighted by Gasteiger charge is 2.35. The summed E-state index contributed by atoms with van der Waals surface area (Å²) in [5.74, 6) is 0.178. The number of amides is 1. The van der Waals surface area contributed by atoms with Gasteiger partial charge in [0.25, 0.3) is 0 Å². The first-order chi connectivity index (χ1) is 9.88. The monoisotopic (exact) mass is 289 g/mol. The fourth-order valence-corrected chi connectivity index (χ4v) is 2.90. The SMILES string of the molecule is CC(N)CC(=O)N1CCN(Cc2ccccc2)C(C)(C)C1. The van der Waals surface area contributed by atoms with Crippen LogP contribution in [-0.2, 0) is 11.3 Å². The Morgan fingerprint density at radius 2 is 1.95 bits per heavy atom. The van der Waals surface area contributed by atoms with Gasteiger partial charge < -0.3 is 10.6 Å². The lowest BCUT2D eigenvalue weighted by molar-refractivity contribution is -0.136. The number of carbonyl (C=O) groups is 1. The predicted molar refractivity (Wildman–Crippen MR) is 85.8 cm³/mol. The molecule has 4 heteroatoms. The van der Waals surface area contributed by atoms with Crippen molar-refractivity contribution in [2.75, 3.05) is 19.6 Å². The molecule has 0 radical (unpaired) electrons. The summed E-state index contributed by atoms with van der Waals surface area (Å²) in [6.45, 7) is 9.71. The van der Waals surface area contributed by atoms with Gasteiger partial charge in [-0.2, -0.15) is 0 Å². The quantitative estimate of drug-likeness (QED) is 0.920. The molecule has 0 spiro atoms. The van der Waals surface area contributed by atoms with E-state index >= 15 is 0 Å². The van der Waals surface area contributed by atoms with E-state index < -0.39 is 0 Å². The molecule has 1 aromatic rings. The van der Waals surface area contributed by atoms with Crippen molar-refractivity contribution in [1.29, 1.82) is 0 Å². The van der Waals surface area contributed by atoms with E-state index in [0.717, 1.165) is 26.2 Å². The molecule has 1 saturated heterocycles. The van der Waals surface area contributed by atoms with Crippen molar-refractivity contribution in [1.82, 2.24) is 9.80 Å². The third kappa shape index (κ3) is 4.29. The maximum atomic E-state index is 12.2. The molecule has 1 amide bonds. The van der Waals surface area contributed by atoms with Gasteiger partial charge in [-0.1, -0.05) is 30.3 Å². The van der Waals surface area contributed by atoms with E-state index in [-0.39, 0.29) is 17.5 Å². The fourth-order valence-electron chi connectivity index (χ4n) is 2.90. The van der Waals surface area contributed by atoms with Crippen molar-refractivity contribution >= 4 is 5.91 Å². The highest BCUT2D eigenvalue weighted by molar-refractivity contribution is 5.77. The Labute approximate surface area is 127 Å². The number of piperazine rings is 1. The predicted octanol–water partition coefficient (Wildman–Crippen LogP) is 1.85. The summed E-state index contributed by atoms with van der Waals surface area (Å²) in [7, 11) is 0. The van der Waals surface area contributed by atoms with Crippen LogP contribution in [0.2, 0.25) is 0 Å². The average Bonchev–Trinajstić information content (AvgIpc) is 2.41. The molecule has 1 aromatic carbocycles. The minimum Gasteiger partial charge on any atom is -0.340 e. The maximum Gasteiger partial charge on any atom is 0.224 e. The summed E-state index contributed by atoms with van der Waals surface area (Å²) in [6, 6.07) is 10.4. The van der Waals surface area contributed by atoms with Crippen LogP contribution in [-0.4, -0.2) is 46.9 Å². The van der Waals surface area contributed by atoms with E-state index in [1.807, 2.05) is 17.9 Å². The van der Waals surface area contributed by atoms with E-state index in [1.54, 1.807) is 0 Å². The Bertz CT molecular complexity index is 470. The van der Waals surface area contributed by atoms with Gasteiger partial charge in [0.1, 0.15) is 0 Å². The number of benzene rings is 1. The molecule has 1 aliphatic heterocycles. The van der Waals surface area contributed by atoms with Gasteiger partial charge in [0.05, 0.1) is 0 Å². The molecule has 1 heterocycles. The Balaban J connectivity index is 1.98. The smallest absolute Gasteiger partial charge is 0.224 e. The first-order valence-corrected chi connectivity index (χ1v) is 7.71. The van der Waals surface area contributed by atoms with Crippen molar-refractivity contribution < 1.29 is 4.79 Å². The van der Waals surface area contributed by atoms with Crippen LogP contribution in [0, 0.1) is 0 Å². The number of carbonyl (C=O) groups excluding carboxylic acids is 1. The van der Waals surface area contributed by atoms with Crippen LogP contribution in [0.3, 0.4) is 0 Å². The second-order valence-corrected chi connectivity index (χ2v) is 6.72. The van der Waals surface area contributed by atoms with Gasteiger partial charge in [-0.15, -0.1) is 0 Å². The lowest BCUT2D eigenvalue weighted by Gasteiger charge is -2.47. The molecule has 2 rings (SSSR count). The van der Waals surface area contributed by atoms with E-state index in [2.05, 4.69) is 43.0 Å². The number of hydrogen-bond donors (Lipinski definition) is 1. The molecule has 0 aromatic heterocycles. The number of nitrogens with two attached hydrogens (primary N) is 1. The first-order valence-electron chi connectivity index (χ1n) is 7.71. The molecule has 1 atom stereocenters. The van der Waals surface area contributed by atoms with Gasteiger partial charge in [-0.25, -0.2) is 0 Å². The molecule has 1 fully saturated rings. The summed E-state index contributed by atoms with van der Waals surface area (Å²) in [6.07, 6.45) is 0.439. The summed E-state index contributed by atoms with van der Waals surface area (Å²) >= 11 is 0. The molecule has 0 bridgehead atoms. The number of rotatable bonds is 4. The van der Waals surface area contributed by atoms with Crippen molar-refractivity contribution in [3.05, 3.63) is 35.9 Å². The molecule has 1 unspecified atom stereocenters. The van der Waals surface area contributed by atoms with Gasteiger partial charge in [0, 0.05) is 44.2 Å². The molecule has 1 aliphatic rings. The van der Waals surface area contributed by atoms with Crippen LogP contribution in [0.1, 0.15) is 32.8 Å². The first kappa shape index (κ1) is 16.0.